The molecule has 0 radical (unpaired) electrons. The van der Waals surface area contributed by atoms with E-state index in [4.69, 9.17) is 21.6 Å². The van der Waals surface area contributed by atoms with Crippen molar-refractivity contribution in [2.24, 2.45) is 5.41 Å². The molecule has 246 valence electrons. The number of aliphatic carboxylic acids is 1. The average Bonchev–Trinajstić information content (AvgIpc) is 3.44. The van der Waals surface area contributed by atoms with Crippen molar-refractivity contribution in [3.63, 3.8) is 0 Å². The van der Waals surface area contributed by atoms with Crippen LogP contribution in [0.4, 0.5) is 4.79 Å². The van der Waals surface area contributed by atoms with Crippen molar-refractivity contribution in [2.45, 2.75) is 77.2 Å². The number of nitrogens with one attached hydrogen (secondary N) is 3. The number of rotatable bonds is 13. The van der Waals surface area contributed by atoms with E-state index in [1.54, 1.807) is 51.1 Å². The van der Waals surface area contributed by atoms with Gasteiger partial charge in [-0.1, -0.05) is 62.7 Å². The number of likely N-dealkylation sites (tertiary alicyclic amines) is 1. The topological polar surface area (TPSA) is 212 Å². The van der Waals surface area contributed by atoms with E-state index in [2.05, 4.69) is 16.0 Å². The van der Waals surface area contributed by atoms with Crippen LogP contribution >= 0.6 is 11.6 Å². The van der Waals surface area contributed by atoms with Gasteiger partial charge in [0.1, 0.15) is 29.1 Å². The smallest absolute Gasteiger partial charge is 0.408 e. The Hall–Kier alpha value is -4.16. The molecule has 4 amide bonds. The molecule has 0 unspecified atom stereocenters. The molecule has 0 saturated carbocycles. The van der Waals surface area contributed by atoms with Gasteiger partial charge in [0.15, 0.2) is 9.84 Å². The Morgan fingerprint density at radius 3 is 2.36 bits per heavy atom. The van der Waals surface area contributed by atoms with Crippen LogP contribution in [0.3, 0.4) is 0 Å². The fraction of sp³-hybridized carbons (Fsp3) is 0.517. The van der Waals surface area contributed by atoms with Gasteiger partial charge in [0.05, 0.1) is 25.0 Å². The first-order valence-corrected chi connectivity index (χ1v) is 16.3. The van der Waals surface area contributed by atoms with Crippen molar-refractivity contribution in [1.29, 1.82) is 5.26 Å². The summed E-state index contributed by atoms with van der Waals surface area (Å²) in [5.74, 6) is -3.61. The minimum atomic E-state index is -3.78. The van der Waals surface area contributed by atoms with Crippen molar-refractivity contribution in [3.05, 3.63) is 46.3 Å². The molecule has 14 nitrogen and oxygen atoms in total. The number of hydrogen-bond donors (Lipinski definition) is 4. The van der Waals surface area contributed by atoms with Crippen LogP contribution in [-0.4, -0.2) is 85.2 Å². The maximum Gasteiger partial charge on any atom is 0.408 e. The summed E-state index contributed by atoms with van der Waals surface area (Å²) >= 11 is 5.82. The predicted octanol–water partition coefficient (Wildman–Crippen LogP) is 1.80. The summed E-state index contributed by atoms with van der Waals surface area (Å²) in [4.78, 5) is 65.6. The van der Waals surface area contributed by atoms with Crippen LogP contribution in [0.2, 0.25) is 0 Å². The molecule has 2 rings (SSSR count). The van der Waals surface area contributed by atoms with Crippen LogP contribution in [0.5, 0.6) is 0 Å². The SMILES string of the molecule is CC(C)(C)[C@@H](NC(=O)[C@H](CC(=O)O)NC(=O)OCc1ccccc1)C(=O)N1CCC[C@@H]1C(=O)N[C@H](/C=C(\Cl)S(C)(=O)=O)CC#N. The van der Waals surface area contributed by atoms with Gasteiger partial charge < -0.3 is 30.7 Å². The lowest BCUT2D eigenvalue weighted by molar-refractivity contribution is -0.145. The fourth-order valence-electron chi connectivity index (χ4n) is 4.46. The van der Waals surface area contributed by atoms with Crippen LogP contribution in [0.15, 0.2) is 40.8 Å². The normalized spacial score (nSPS) is 17.3. The van der Waals surface area contributed by atoms with Gasteiger partial charge in [0, 0.05) is 12.8 Å². The second-order valence-electron chi connectivity index (χ2n) is 11.6. The number of benzene rings is 1. The number of sulfone groups is 1. The van der Waals surface area contributed by atoms with Crippen molar-refractivity contribution in [3.8, 4) is 6.07 Å². The van der Waals surface area contributed by atoms with E-state index in [9.17, 15) is 37.5 Å². The van der Waals surface area contributed by atoms with E-state index in [0.29, 0.717) is 12.0 Å². The third kappa shape index (κ3) is 11.7. The monoisotopic (exact) mass is 667 g/mol. The summed E-state index contributed by atoms with van der Waals surface area (Å²) in [5.41, 5.74) is -0.254. The van der Waals surface area contributed by atoms with Gasteiger partial charge in [-0.25, -0.2) is 13.2 Å². The zero-order chi connectivity index (χ0) is 33.9. The van der Waals surface area contributed by atoms with Gasteiger partial charge in [-0.3, -0.25) is 19.2 Å². The van der Waals surface area contributed by atoms with Gasteiger partial charge in [0.2, 0.25) is 17.7 Å². The van der Waals surface area contributed by atoms with Crippen molar-refractivity contribution in [1.82, 2.24) is 20.9 Å². The van der Waals surface area contributed by atoms with E-state index in [1.165, 1.54) is 4.90 Å². The van der Waals surface area contributed by atoms with Gasteiger partial charge in [0.25, 0.3) is 0 Å². The quantitative estimate of drug-likeness (QED) is 0.239. The molecule has 1 saturated heterocycles. The molecule has 16 heteroatoms. The maximum atomic E-state index is 13.8. The van der Waals surface area contributed by atoms with Crippen molar-refractivity contribution < 1.29 is 42.2 Å². The number of halogens is 1. The summed E-state index contributed by atoms with van der Waals surface area (Å²) in [7, 11) is -3.78. The van der Waals surface area contributed by atoms with E-state index in [1.807, 2.05) is 6.07 Å². The molecule has 1 aliphatic heterocycles. The first-order valence-electron chi connectivity index (χ1n) is 14.0. The van der Waals surface area contributed by atoms with Gasteiger partial charge in [-0.05, 0) is 29.9 Å². The zero-order valence-electron chi connectivity index (χ0n) is 25.4. The van der Waals surface area contributed by atoms with Crippen LogP contribution in [0.1, 0.15) is 52.0 Å². The minimum absolute atomic E-state index is 0.124. The molecule has 0 aliphatic carbocycles. The second-order valence-corrected chi connectivity index (χ2v) is 14.2. The number of carboxylic acid groups (broad SMARTS) is 1. The average molecular weight is 668 g/mol. The number of alkyl carbamates (subject to hydrolysis) is 1. The Morgan fingerprint density at radius 2 is 1.80 bits per heavy atom. The zero-order valence-corrected chi connectivity index (χ0v) is 27.0. The number of nitrogens with zero attached hydrogens (tertiary/aromatic N) is 2. The molecule has 4 atom stereocenters. The summed E-state index contributed by atoms with van der Waals surface area (Å²) in [5, 5.41) is 25.9. The second kappa shape index (κ2) is 16.2. The summed E-state index contributed by atoms with van der Waals surface area (Å²) in [6, 6.07) is 5.65. The Labute approximate surface area is 267 Å². The molecule has 1 aliphatic rings. The lowest BCUT2D eigenvalue weighted by Gasteiger charge is -2.36. The number of hydrogen-bond acceptors (Lipinski definition) is 9. The molecule has 1 aromatic carbocycles. The number of amides is 4. The lowest BCUT2D eigenvalue weighted by atomic mass is 9.85. The van der Waals surface area contributed by atoms with Gasteiger partial charge in [-0.2, -0.15) is 5.26 Å². The molecule has 0 spiro atoms. The van der Waals surface area contributed by atoms with E-state index in [0.717, 1.165) is 12.3 Å². The van der Waals surface area contributed by atoms with Gasteiger partial charge >= 0.3 is 12.1 Å². The molecule has 1 fully saturated rings. The Balaban J connectivity index is 2.21. The van der Waals surface area contributed by atoms with Crippen LogP contribution < -0.4 is 16.0 Å². The lowest BCUT2D eigenvalue weighted by Crippen LogP contribution is -2.60. The molecule has 0 aromatic heterocycles. The molecule has 45 heavy (non-hydrogen) atoms. The highest BCUT2D eigenvalue weighted by Crippen LogP contribution is 2.26. The van der Waals surface area contributed by atoms with Crippen molar-refractivity contribution in [2.75, 3.05) is 12.8 Å². The fourth-order valence-corrected chi connectivity index (χ4v) is 5.03. The Bertz CT molecular complexity index is 1440. The first-order chi connectivity index (χ1) is 20.9. The van der Waals surface area contributed by atoms with E-state index in [-0.39, 0.29) is 26.0 Å². The predicted molar refractivity (Wildman–Crippen MR) is 163 cm³/mol. The number of nitriles is 1. The Morgan fingerprint density at radius 1 is 1.16 bits per heavy atom. The van der Waals surface area contributed by atoms with Crippen LogP contribution in [-0.2, 0) is 40.4 Å². The summed E-state index contributed by atoms with van der Waals surface area (Å²) in [6.07, 6.45) is 0.486. The summed E-state index contributed by atoms with van der Waals surface area (Å²) < 4.78 is 28.0. The Kier molecular flexibility index (Phi) is 13.4. The number of carboxylic acids is 1. The van der Waals surface area contributed by atoms with Crippen molar-refractivity contribution >= 4 is 51.2 Å². The highest BCUT2D eigenvalue weighted by atomic mass is 35.5. The summed E-state index contributed by atoms with van der Waals surface area (Å²) in [6.45, 7) is 5.02. The molecule has 1 aromatic rings. The highest BCUT2D eigenvalue weighted by Gasteiger charge is 2.43. The molecule has 1 heterocycles. The third-order valence-electron chi connectivity index (χ3n) is 6.76. The third-order valence-corrected chi connectivity index (χ3v) is 8.57. The number of carbonyl (C=O) groups excluding carboxylic acids is 4. The minimum Gasteiger partial charge on any atom is -0.481 e. The van der Waals surface area contributed by atoms with Crippen LogP contribution in [0, 0.1) is 16.7 Å². The van der Waals surface area contributed by atoms with Crippen LogP contribution in [0.25, 0.3) is 0 Å². The van der Waals surface area contributed by atoms with Gasteiger partial charge in [-0.15, -0.1) is 0 Å². The molecular weight excluding hydrogens is 630 g/mol. The largest absolute Gasteiger partial charge is 0.481 e. The first kappa shape index (κ1) is 37.0. The standard InChI is InChI=1S/C29H38ClN5O9S/c1-29(2,3)24(34-25(38)20(16-23(36)37)33-28(41)44-17-18-9-6-5-7-10-18)27(40)35-14-8-11-21(35)26(39)32-19(12-13-31)15-22(30)45(4,42)43/h5-7,9-10,15,19-21,24H,8,11-12,14,16-17H2,1-4H3,(H,32,39)(H,33,41)(H,34,38)(H,36,37)/b22-15+/t19-,20-,21+,24-/m0/s1. The number of ether oxygens (including phenoxy) is 1. The maximum absolute atomic E-state index is 13.8. The molecule has 0 bridgehead atoms. The molecular formula is C29H38ClN5O9S. The number of carbonyl (C=O) groups is 5. The highest BCUT2D eigenvalue weighted by molar-refractivity contribution is 7.96. The van der Waals surface area contributed by atoms with E-state index < -0.39 is 80.0 Å². The molecule has 4 N–H and O–H groups in total. The van der Waals surface area contributed by atoms with E-state index >= 15 is 0 Å².